The molecule has 0 amide bonds. The largest absolute Gasteiger partial charge is 0.493 e. The van der Waals surface area contributed by atoms with Crippen molar-refractivity contribution in [3.8, 4) is 5.75 Å². The Labute approximate surface area is 161 Å². The summed E-state index contributed by atoms with van der Waals surface area (Å²) < 4.78 is 40.3. The summed E-state index contributed by atoms with van der Waals surface area (Å²) >= 11 is 3.43. The van der Waals surface area contributed by atoms with E-state index < -0.39 is 10.0 Å². The number of halogens is 1. The first kappa shape index (κ1) is 17.6. The van der Waals surface area contributed by atoms with Crippen molar-refractivity contribution in [3.05, 3.63) is 46.4 Å². The molecule has 0 saturated carbocycles. The fraction of sp³-hybridized carbons (Fsp3) is 0.333. The van der Waals surface area contributed by atoms with E-state index in [0.29, 0.717) is 25.5 Å². The van der Waals surface area contributed by atoms with Gasteiger partial charge in [0.1, 0.15) is 5.75 Å². The molecule has 0 radical (unpaired) electrons. The van der Waals surface area contributed by atoms with Crippen LogP contribution in [-0.2, 0) is 21.2 Å². The normalized spacial score (nSPS) is 16.9. The molecule has 1 saturated heterocycles. The fourth-order valence-electron chi connectivity index (χ4n) is 3.20. The number of hydrogen-bond donors (Lipinski definition) is 1. The summed E-state index contributed by atoms with van der Waals surface area (Å²) in [5.74, 6) is 0.764. The number of sulfonamides is 1. The van der Waals surface area contributed by atoms with E-state index in [-0.39, 0.29) is 4.90 Å². The van der Waals surface area contributed by atoms with Gasteiger partial charge in [-0.2, -0.15) is 0 Å². The zero-order valence-corrected chi connectivity index (χ0v) is 16.5. The molecule has 138 valence electrons. The summed E-state index contributed by atoms with van der Waals surface area (Å²) in [6, 6.07) is 10.6. The maximum absolute atomic E-state index is 12.9. The highest BCUT2D eigenvalue weighted by atomic mass is 79.9. The number of morpholine rings is 1. The third-order valence-electron chi connectivity index (χ3n) is 4.53. The number of nitrogens with zero attached hydrogens (tertiary/aromatic N) is 1. The molecule has 1 N–H and O–H groups in total. The lowest BCUT2D eigenvalue weighted by Gasteiger charge is -2.30. The highest BCUT2D eigenvalue weighted by Crippen LogP contribution is 2.33. The predicted molar refractivity (Wildman–Crippen MR) is 104 cm³/mol. The predicted octanol–water partition coefficient (Wildman–Crippen LogP) is 3.02. The SMILES string of the molecule is O=S(=O)(Nc1cc(Br)ccc1N1CCOCC1)c1ccc2c(c1)CCO2. The van der Waals surface area contributed by atoms with Gasteiger partial charge in [0.2, 0.25) is 0 Å². The minimum Gasteiger partial charge on any atom is -0.493 e. The standard InChI is InChI=1S/C18H19BrN2O4S/c19-14-1-3-17(21-6-9-24-10-7-21)16(12-14)20-26(22,23)15-2-4-18-13(11-15)5-8-25-18/h1-4,11-12,20H,5-10H2. The lowest BCUT2D eigenvalue weighted by Crippen LogP contribution is -2.36. The molecule has 2 aromatic rings. The number of ether oxygens (including phenoxy) is 2. The molecule has 0 spiro atoms. The van der Waals surface area contributed by atoms with Crippen molar-refractivity contribution in [2.45, 2.75) is 11.3 Å². The van der Waals surface area contributed by atoms with Gasteiger partial charge < -0.3 is 14.4 Å². The Morgan fingerprint density at radius 2 is 1.85 bits per heavy atom. The number of nitrogens with one attached hydrogen (secondary N) is 1. The molecular formula is C18H19BrN2O4S. The second-order valence-electron chi connectivity index (χ2n) is 6.23. The Morgan fingerprint density at radius 1 is 1.04 bits per heavy atom. The van der Waals surface area contributed by atoms with Gasteiger partial charge in [-0.15, -0.1) is 0 Å². The molecule has 0 bridgehead atoms. The second-order valence-corrected chi connectivity index (χ2v) is 8.83. The van der Waals surface area contributed by atoms with Gasteiger partial charge in [0, 0.05) is 24.0 Å². The average molecular weight is 439 g/mol. The van der Waals surface area contributed by atoms with E-state index in [2.05, 4.69) is 25.6 Å². The van der Waals surface area contributed by atoms with Gasteiger partial charge in [0.15, 0.2) is 0 Å². The second kappa shape index (κ2) is 7.09. The van der Waals surface area contributed by atoms with Crippen molar-refractivity contribution in [2.24, 2.45) is 0 Å². The molecule has 2 aliphatic rings. The molecule has 1 fully saturated rings. The van der Waals surface area contributed by atoms with Gasteiger partial charge in [0.25, 0.3) is 10.0 Å². The summed E-state index contributed by atoms with van der Waals surface area (Å²) in [6.45, 7) is 3.32. The number of rotatable bonds is 4. The number of hydrogen-bond acceptors (Lipinski definition) is 5. The molecule has 4 rings (SSSR count). The molecule has 0 atom stereocenters. The Kier molecular flexibility index (Phi) is 4.81. The summed E-state index contributed by atoms with van der Waals surface area (Å²) in [6.07, 6.45) is 0.731. The van der Waals surface area contributed by atoms with E-state index >= 15 is 0 Å². The van der Waals surface area contributed by atoms with E-state index in [4.69, 9.17) is 9.47 Å². The Hall–Kier alpha value is -1.77. The Balaban J connectivity index is 1.66. The highest BCUT2D eigenvalue weighted by molar-refractivity contribution is 9.10. The van der Waals surface area contributed by atoms with Crippen LogP contribution >= 0.6 is 15.9 Å². The summed E-state index contributed by atoms with van der Waals surface area (Å²) in [5, 5.41) is 0. The van der Waals surface area contributed by atoms with Gasteiger partial charge in [-0.3, -0.25) is 4.72 Å². The van der Waals surface area contributed by atoms with Crippen molar-refractivity contribution < 1.29 is 17.9 Å². The van der Waals surface area contributed by atoms with Crippen LogP contribution in [0.3, 0.4) is 0 Å². The lowest BCUT2D eigenvalue weighted by molar-refractivity contribution is 0.123. The minimum absolute atomic E-state index is 0.245. The van der Waals surface area contributed by atoms with Crippen molar-refractivity contribution >= 4 is 37.3 Å². The monoisotopic (exact) mass is 438 g/mol. The molecule has 0 aromatic heterocycles. The van der Waals surface area contributed by atoms with Gasteiger partial charge in [-0.1, -0.05) is 15.9 Å². The van der Waals surface area contributed by atoms with Crippen molar-refractivity contribution in [1.29, 1.82) is 0 Å². The first-order valence-corrected chi connectivity index (χ1v) is 10.7. The Bertz CT molecular complexity index is 927. The van der Waals surface area contributed by atoms with E-state index in [1.54, 1.807) is 24.3 Å². The zero-order chi connectivity index (χ0) is 18.1. The zero-order valence-electron chi connectivity index (χ0n) is 14.1. The van der Waals surface area contributed by atoms with Crippen LogP contribution in [0.25, 0.3) is 0 Å². The van der Waals surface area contributed by atoms with E-state index in [1.807, 2.05) is 12.1 Å². The van der Waals surface area contributed by atoms with Gasteiger partial charge in [-0.05, 0) is 42.0 Å². The van der Waals surface area contributed by atoms with Crippen LogP contribution < -0.4 is 14.4 Å². The average Bonchev–Trinajstić information content (AvgIpc) is 3.10. The quantitative estimate of drug-likeness (QED) is 0.794. The van der Waals surface area contributed by atoms with Crippen LogP contribution in [0.5, 0.6) is 5.75 Å². The third-order valence-corrected chi connectivity index (χ3v) is 6.38. The molecule has 2 heterocycles. The molecule has 0 aliphatic carbocycles. The summed E-state index contributed by atoms with van der Waals surface area (Å²) in [4.78, 5) is 2.37. The maximum Gasteiger partial charge on any atom is 0.261 e. The van der Waals surface area contributed by atoms with E-state index in [0.717, 1.165) is 41.0 Å². The van der Waals surface area contributed by atoms with Crippen LogP contribution in [-0.4, -0.2) is 41.3 Å². The van der Waals surface area contributed by atoms with Crippen LogP contribution in [0.15, 0.2) is 45.8 Å². The fourth-order valence-corrected chi connectivity index (χ4v) is 4.68. The summed E-state index contributed by atoms with van der Waals surface area (Å²) in [7, 11) is -3.70. The Morgan fingerprint density at radius 3 is 2.65 bits per heavy atom. The first-order chi connectivity index (χ1) is 12.5. The number of benzene rings is 2. The van der Waals surface area contributed by atoms with Gasteiger partial charge in [0.05, 0.1) is 36.1 Å². The minimum atomic E-state index is -3.70. The smallest absolute Gasteiger partial charge is 0.261 e. The molecule has 2 aliphatic heterocycles. The van der Waals surface area contributed by atoms with Crippen LogP contribution in [0.4, 0.5) is 11.4 Å². The van der Waals surface area contributed by atoms with Crippen LogP contribution in [0.1, 0.15) is 5.56 Å². The lowest BCUT2D eigenvalue weighted by atomic mass is 10.2. The van der Waals surface area contributed by atoms with Gasteiger partial charge in [-0.25, -0.2) is 8.42 Å². The molecule has 0 unspecified atom stereocenters. The van der Waals surface area contributed by atoms with Crippen LogP contribution in [0, 0.1) is 0 Å². The molecular weight excluding hydrogens is 420 g/mol. The summed E-state index contributed by atoms with van der Waals surface area (Å²) in [5.41, 5.74) is 2.33. The molecule has 26 heavy (non-hydrogen) atoms. The number of fused-ring (bicyclic) bond motifs is 1. The number of anilines is 2. The van der Waals surface area contributed by atoms with E-state index in [1.165, 1.54) is 0 Å². The molecule has 6 nitrogen and oxygen atoms in total. The first-order valence-electron chi connectivity index (χ1n) is 8.44. The maximum atomic E-state index is 12.9. The van der Waals surface area contributed by atoms with Crippen LogP contribution in [0.2, 0.25) is 0 Å². The van der Waals surface area contributed by atoms with E-state index in [9.17, 15) is 8.42 Å². The molecule has 2 aromatic carbocycles. The highest BCUT2D eigenvalue weighted by Gasteiger charge is 2.22. The topological polar surface area (TPSA) is 67.9 Å². The molecule has 8 heteroatoms. The third kappa shape index (κ3) is 3.54. The van der Waals surface area contributed by atoms with Gasteiger partial charge >= 0.3 is 0 Å². The van der Waals surface area contributed by atoms with Crippen molar-refractivity contribution in [1.82, 2.24) is 0 Å². The van der Waals surface area contributed by atoms with Crippen molar-refractivity contribution in [3.63, 3.8) is 0 Å². The van der Waals surface area contributed by atoms with Crippen molar-refractivity contribution in [2.75, 3.05) is 42.5 Å².